The Bertz CT molecular complexity index is 1130. The maximum absolute atomic E-state index is 13.3. The number of halogens is 3. The van der Waals surface area contributed by atoms with Gasteiger partial charge in [0.25, 0.3) is 10.0 Å². The number of thiophene rings is 1. The van der Waals surface area contributed by atoms with Crippen LogP contribution in [0.1, 0.15) is 12.5 Å². The summed E-state index contributed by atoms with van der Waals surface area (Å²) in [4.78, 5) is 4.03. The first-order chi connectivity index (χ1) is 16.7. The van der Waals surface area contributed by atoms with Crippen molar-refractivity contribution in [2.75, 3.05) is 55.7 Å². The molecule has 2 aromatic rings. The maximum Gasteiger partial charge on any atom is 0.421 e. The molecule has 14 heteroatoms. The molecule has 0 spiro atoms. The second kappa shape index (κ2) is 10.1. The van der Waals surface area contributed by atoms with Gasteiger partial charge in [-0.3, -0.25) is 14.0 Å². The SMILES string of the molecule is C[C@](O)(c1ccc(N2CCN(S(=O)(=O)c3cccs3)C[C@@H]2CN2CCS(O)(O)CC2)cc1)C(F)(F)F. The number of piperazine rings is 1. The Morgan fingerprint density at radius 2 is 1.69 bits per heavy atom. The summed E-state index contributed by atoms with van der Waals surface area (Å²) >= 11 is 1.14. The molecule has 0 saturated carbocycles. The van der Waals surface area contributed by atoms with E-state index < -0.39 is 32.4 Å². The van der Waals surface area contributed by atoms with Crippen molar-refractivity contribution in [1.82, 2.24) is 9.21 Å². The molecule has 0 aliphatic carbocycles. The molecule has 3 N–H and O–H groups in total. The molecule has 8 nitrogen and oxygen atoms in total. The van der Waals surface area contributed by atoms with Gasteiger partial charge in [-0.25, -0.2) is 8.42 Å². The van der Waals surface area contributed by atoms with E-state index in [0.717, 1.165) is 11.3 Å². The van der Waals surface area contributed by atoms with Crippen LogP contribution in [0, 0.1) is 0 Å². The van der Waals surface area contributed by atoms with Crippen molar-refractivity contribution < 1.29 is 35.8 Å². The summed E-state index contributed by atoms with van der Waals surface area (Å²) in [5, 5.41) is 11.7. The van der Waals surface area contributed by atoms with E-state index in [1.807, 2.05) is 4.90 Å². The van der Waals surface area contributed by atoms with Gasteiger partial charge < -0.3 is 10.0 Å². The molecule has 1 aromatic carbocycles. The standard InChI is InChI=1S/C22H30F3N3O5S3/c1-21(29,22(23,24)25)17-4-6-18(7-5-17)28-9-8-27(36(32,33)20-3-2-12-34-20)16-19(28)15-26-10-13-35(30,31)14-11-26/h2-7,12,19,29-31H,8-11,13-16H2,1H3/t19-,21-/m0/s1. The zero-order valence-corrected chi connectivity index (χ0v) is 22.1. The van der Waals surface area contributed by atoms with E-state index >= 15 is 0 Å². The summed E-state index contributed by atoms with van der Waals surface area (Å²) in [5.41, 5.74) is -2.65. The third kappa shape index (κ3) is 5.70. The van der Waals surface area contributed by atoms with Gasteiger partial charge in [-0.1, -0.05) is 18.2 Å². The Morgan fingerprint density at radius 1 is 1.06 bits per heavy atom. The van der Waals surface area contributed by atoms with Gasteiger partial charge in [0, 0.05) is 45.0 Å². The first-order valence-electron chi connectivity index (χ1n) is 11.4. The van der Waals surface area contributed by atoms with E-state index in [1.165, 1.54) is 28.6 Å². The zero-order valence-electron chi connectivity index (χ0n) is 19.6. The molecule has 3 heterocycles. The third-order valence-corrected chi connectivity index (χ3v) is 11.7. The van der Waals surface area contributed by atoms with Gasteiger partial charge in [0.2, 0.25) is 0 Å². The highest BCUT2D eigenvalue weighted by atomic mass is 32.3. The molecule has 2 aliphatic rings. The number of rotatable bonds is 6. The zero-order chi connectivity index (χ0) is 26.4. The predicted molar refractivity (Wildman–Crippen MR) is 135 cm³/mol. The van der Waals surface area contributed by atoms with Gasteiger partial charge in [0.05, 0.1) is 17.5 Å². The Balaban J connectivity index is 1.58. The number of nitrogens with zero attached hydrogens (tertiary/aromatic N) is 3. The minimum absolute atomic E-state index is 0.176. The number of hydrogen-bond acceptors (Lipinski definition) is 8. The van der Waals surface area contributed by atoms with Crippen molar-refractivity contribution in [3.05, 3.63) is 47.3 Å². The minimum atomic E-state index is -4.83. The minimum Gasteiger partial charge on any atom is -0.376 e. The average Bonchev–Trinajstić information content (AvgIpc) is 3.36. The Morgan fingerprint density at radius 3 is 2.25 bits per heavy atom. The lowest BCUT2D eigenvalue weighted by Crippen LogP contribution is -2.59. The summed E-state index contributed by atoms with van der Waals surface area (Å²) in [6.07, 6.45) is -4.83. The number of alkyl halides is 3. The molecular weight excluding hydrogens is 539 g/mol. The van der Waals surface area contributed by atoms with Crippen LogP contribution in [0.2, 0.25) is 0 Å². The second-order valence-electron chi connectivity index (χ2n) is 9.27. The normalized spacial score (nSPS) is 24.9. The first kappa shape index (κ1) is 27.6. The number of anilines is 1. The first-order valence-corrected chi connectivity index (χ1v) is 15.6. The van der Waals surface area contributed by atoms with E-state index in [2.05, 4.69) is 4.90 Å². The lowest BCUT2D eigenvalue weighted by atomic mass is 9.95. The van der Waals surface area contributed by atoms with E-state index in [-0.39, 0.29) is 40.4 Å². The van der Waals surface area contributed by atoms with Crippen molar-refractivity contribution in [2.24, 2.45) is 0 Å². The number of aliphatic hydroxyl groups is 1. The highest BCUT2D eigenvalue weighted by Gasteiger charge is 2.51. The van der Waals surface area contributed by atoms with Gasteiger partial charge in [0.1, 0.15) is 4.21 Å². The van der Waals surface area contributed by atoms with Crippen LogP contribution in [0.15, 0.2) is 46.0 Å². The molecule has 2 saturated heterocycles. The van der Waals surface area contributed by atoms with E-state index in [0.29, 0.717) is 38.8 Å². The van der Waals surface area contributed by atoms with Gasteiger partial charge in [0.15, 0.2) is 5.60 Å². The molecule has 36 heavy (non-hydrogen) atoms. The van der Waals surface area contributed by atoms with E-state index in [9.17, 15) is 35.8 Å². The Kier molecular flexibility index (Phi) is 7.72. The van der Waals surface area contributed by atoms with Crippen LogP contribution in [-0.4, -0.2) is 94.8 Å². The van der Waals surface area contributed by atoms with Crippen LogP contribution in [0.25, 0.3) is 0 Å². The largest absolute Gasteiger partial charge is 0.421 e. The van der Waals surface area contributed by atoms with Crippen molar-refractivity contribution in [1.29, 1.82) is 0 Å². The van der Waals surface area contributed by atoms with Crippen molar-refractivity contribution in [3.8, 4) is 0 Å². The van der Waals surface area contributed by atoms with E-state index in [1.54, 1.807) is 17.5 Å². The van der Waals surface area contributed by atoms with Gasteiger partial charge >= 0.3 is 6.18 Å². The second-order valence-corrected chi connectivity index (χ2v) is 14.8. The Hall–Kier alpha value is -1.39. The van der Waals surface area contributed by atoms with Crippen LogP contribution in [0.4, 0.5) is 18.9 Å². The average molecular weight is 570 g/mol. The van der Waals surface area contributed by atoms with Gasteiger partial charge in [-0.15, -0.1) is 11.3 Å². The molecule has 4 rings (SSSR count). The number of hydrogen-bond donors (Lipinski definition) is 3. The summed E-state index contributed by atoms with van der Waals surface area (Å²) in [6.45, 7) is 2.78. The van der Waals surface area contributed by atoms with Crippen molar-refractivity contribution >= 4 is 37.6 Å². The lowest BCUT2D eigenvalue weighted by Gasteiger charge is -2.46. The molecule has 2 atom stereocenters. The smallest absolute Gasteiger partial charge is 0.376 e. The molecule has 202 valence electrons. The monoisotopic (exact) mass is 569 g/mol. The molecule has 0 amide bonds. The fourth-order valence-electron chi connectivity index (χ4n) is 4.46. The predicted octanol–water partition coefficient (Wildman–Crippen LogP) is 3.46. The molecule has 0 radical (unpaired) electrons. The van der Waals surface area contributed by atoms with Crippen LogP contribution >= 0.6 is 21.9 Å². The highest BCUT2D eigenvalue weighted by molar-refractivity contribution is 8.24. The van der Waals surface area contributed by atoms with Crippen LogP contribution in [0.5, 0.6) is 0 Å². The fourth-order valence-corrected chi connectivity index (χ4v) is 8.38. The number of sulfonamides is 1. The van der Waals surface area contributed by atoms with Gasteiger partial charge in [-0.05, 0) is 36.1 Å². The van der Waals surface area contributed by atoms with E-state index in [4.69, 9.17) is 0 Å². The molecular formula is C22H30F3N3O5S3. The fraction of sp³-hybridized carbons (Fsp3) is 0.545. The molecule has 2 aliphatic heterocycles. The Labute approximate surface area is 214 Å². The summed E-state index contributed by atoms with van der Waals surface area (Å²) in [6, 6.07) is 8.42. The van der Waals surface area contributed by atoms with Gasteiger partial charge in [-0.2, -0.15) is 28.1 Å². The lowest BCUT2D eigenvalue weighted by molar-refractivity contribution is -0.258. The quantitative estimate of drug-likeness (QED) is 0.490. The summed E-state index contributed by atoms with van der Waals surface area (Å²) < 4.78 is 87.7. The maximum atomic E-state index is 13.3. The molecule has 1 aromatic heterocycles. The molecule has 0 unspecified atom stereocenters. The molecule has 0 bridgehead atoms. The van der Waals surface area contributed by atoms with Crippen molar-refractivity contribution in [2.45, 2.75) is 29.0 Å². The third-order valence-electron chi connectivity index (χ3n) is 6.79. The summed E-state index contributed by atoms with van der Waals surface area (Å²) in [5.74, 6) is 0.496. The van der Waals surface area contributed by atoms with Crippen LogP contribution < -0.4 is 4.90 Å². The number of benzene rings is 1. The highest BCUT2D eigenvalue weighted by Crippen LogP contribution is 2.41. The van der Waals surface area contributed by atoms with Crippen LogP contribution in [-0.2, 0) is 15.6 Å². The summed E-state index contributed by atoms with van der Waals surface area (Å²) in [7, 11) is -6.28. The topological polar surface area (TPSA) is 105 Å². The molecule has 2 fully saturated rings. The van der Waals surface area contributed by atoms with Crippen molar-refractivity contribution in [3.63, 3.8) is 0 Å². The van der Waals surface area contributed by atoms with Crippen LogP contribution in [0.3, 0.4) is 0 Å².